The van der Waals surface area contributed by atoms with E-state index in [1.54, 1.807) is 0 Å². The number of para-hydroxylation sites is 1. The van der Waals surface area contributed by atoms with Crippen LogP contribution in [0.25, 0.3) is 10.9 Å². The van der Waals surface area contributed by atoms with E-state index in [0.717, 1.165) is 40.7 Å². The van der Waals surface area contributed by atoms with Crippen LogP contribution in [0.4, 0.5) is 0 Å². The third-order valence-corrected chi connectivity index (χ3v) is 7.54. The van der Waals surface area contributed by atoms with Gasteiger partial charge in [0.1, 0.15) is 0 Å². The summed E-state index contributed by atoms with van der Waals surface area (Å²) in [6.07, 6.45) is 1.61. The number of aromatic nitrogens is 1. The fourth-order valence-corrected chi connectivity index (χ4v) is 5.90. The zero-order chi connectivity index (χ0) is 21.2. The predicted octanol–water partition coefficient (Wildman–Crippen LogP) is 2.36. The quantitative estimate of drug-likeness (QED) is 0.692. The third-order valence-electron chi connectivity index (χ3n) is 5.79. The van der Waals surface area contributed by atoms with Crippen molar-refractivity contribution in [1.82, 2.24) is 14.8 Å². The lowest BCUT2D eigenvalue weighted by Gasteiger charge is -2.29. The molecule has 1 unspecified atom stereocenters. The van der Waals surface area contributed by atoms with Crippen LogP contribution in [-0.4, -0.2) is 73.8 Å². The van der Waals surface area contributed by atoms with E-state index < -0.39 is 9.84 Å². The number of amides is 1. The number of nitrogens with zero attached hydrogens (tertiary/aromatic N) is 3. The SMILES string of the molecule is Cc1nc2ccccc2c(C)c1CC(=O)N(CCCN(C)C)C1CCS(=O)(=O)C1. The fourth-order valence-electron chi connectivity index (χ4n) is 4.17. The van der Waals surface area contributed by atoms with Gasteiger partial charge in [-0.1, -0.05) is 18.2 Å². The number of benzene rings is 1. The van der Waals surface area contributed by atoms with E-state index in [1.165, 1.54) is 0 Å². The summed E-state index contributed by atoms with van der Waals surface area (Å²) < 4.78 is 24.0. The summed E-state index contributed by atoms with van der Waals surface area (Å²) in [5, 5.41) is 1.06. The smallest absolute Gasteiger partial charge is 0.227 e. The monoisotopic (exact) mass is 417 g/mol. The molecule has 1 amide bonds. The van der Waals surface area contributed by atoms with Gasteiger partial charge in [-0.05, 0) is 64.5 Å². The van der Waals surface area contributed by atoms with E-state index in [0.29, 0.717) is 13.0 Å². The van der Waals surface area contributed by atoms with Crippen LogP contribution in [-0.2, 0) is 21.1 Å². The molecule has 1 aromatic heterocycles. The van der Waals surface area contributed by atoms with Crippen LogP contribution in [0.3, 0.4) is 0 Å². The fraction of sp³-hybridized carbons (Fsp3) is 0.545. The van der Waals surface area contributed by atoms with E-state index in [2.05, 4.69) is 9.88 Å². The number of carbonyl (C=O) groups is 1. The van der Waals surface area contributed by atoms with Gasteiger partial charge in [0.05, 0.1) is 23.4 Å². The van der Waals surface area contributed by atoms with Gasteiger partial charge in [-0.15, -0.1) is 0 Å². The minimum Gasteiger partial charge on any atom is -0.338 e. The number of aryl methyl sites for hydroxylation is 2. The van der Waals surface area contributed by atoms with Crippen LogP contribution < -0.4 is 0 Å². The number of rotatable bonds is 7. The maximum absolute atomic E-state index is 13.3. The lowest BCUT2D eigenvalue weighted by atomic mass is 9.98. The van der Waals surface area contributed by atoms with Gasteiger partial charge in [0.25, 0.3) is 0 Å². The molecule has 1 saturated heterocycles. The molecular formula is C22H31N3O3S. The molecular weight excluding hydrogens is 386 g/mol. The van der Waals surface area contributed by atoms with E-state index >= 15 is 0 Å². The normalized spacial score (nSPS) is 18.4. The molecule has 2 aromatic rings. The van der Waals surface area contributed by atoms with Gasteiger partial charge in [-0.2, -0.15) is 0 Å². The van der Waals surface area contributed by atoms with Gasteiger partial charge in [0.2, 0.25) is 5.91 Å². The molecule has 0 saturated carbocycles. The molecule has 6 nitrogen and oxygen atoms in total. The second kappa shape index (κ2) is 8.79. The highest BCUT2D eigenvalue weighted by Gasteiger charge is 2.34. The average Bonchev–Trinajstić information content (AvgIpc) is 3.01. The number of fused-ring (bicyclic) bond motifs is 1. The molecule has 1 aromatic carbocycles. The van der Waals surface area contributed by atoms with Crippen LogP contribution in [0, 0.1) is 13.8 Å². The van der Waals surface area contributed by atoms with Crippen molar-refractivity contribution in [2.45, 2.75) is 39.2 Å². The Morgan fingerprint density at radius 1 is 1.17 bits per heavy atom. The van der Waals surface area contributed by atoms with Gasteiger partial charge in [0, 0.05) is 23.7 Å². The van der Waals surface area contributed by atoms with Crippen molar-refractivity contribution < 1.29 is 13.2 Å². The van der Waals surface area contributed by atoms with Gasteiger partial charge in [-0.3, -0.25) is 9.78 Å². The summed E-state index contributed by atoms with van der Waals surface area (Å²) in [5.74, 6) is 0.244. The van der Waals surface area contributed by atoms with E-state index in [-0.39, 0.29) is 29.9 Å². The van der Waals surface area contributed by atoms with Crippen molar-refractivity contribution in [1.29, 1.82) is 0 Å². The lowest BCUT2D eigenvalue weighted by Crippen LogP contribution is -2.43. The Bertz CT molecular complexity index is 1000. The zero-order valence-corrected chi connectivity index (χ0v) is 18.6. The van der Waals surface area contributed by atoms with Crippen LogP contribution in [0.2, 0.25) is 0 Å². The molecule has 29 heavy (non-hydrogen) atoms. The summed E-state index contributed by atoms with van der Waals surface area (Å²) in [5.41, 5.74) is 3.83. The minimum absolute atomic E-state index is 0.00543. The van der Waals surface area contributed by atoms with Crippen LogP contribution in [0.5, 0.6) is 0 Å². The van der Waals surface area contributed by atoms with E-state index in [9.17, 15) is 13.2 Å². The molecule has 158 valence electrons. The number of carbonyl (C=O) groups excluding carboxylic acids is 1. The molecule has 0 N–H and O–H groups in total. The molecule has 0 radical (unpaired) electrons. The van der Waals surface area contributed by atoms with Crippen molar-refractivity contribution in [3.8, 4) is 0 Å². The van der Waals surface area contributed by atoms with Gasteiger partial charge < -0.3 is 9.80 Å². The summed E-state index contributed by atoms with van der Waals surface area (Å²) in [7, 11) is 0.949. The standard InChI is InChI=1S/C22H31N3O3S/c1-16-19-8-5-6-9-21(19)23-17(2)20(16)14-22(26)25(12-7-11-24(3)4)18-10-13-29(27,28)15-18/h5-6,8-9,18H,7,10-15H2,1-4H3. The molecule has 0 spiro atoms. The first-order valence-electron chi connectivity index (χ1n) is 10.2. The van der Waals surface area contributed by atoms with Crippen molar-refractivity contribution in [2.75, 3.05) is 38.7 Å². The number of sulfone groups is 1. The first-order valence-corrected chi connectivity index (χ1v) is 12.0. The van der Waals surface area contributed by atoms with Gasteiger partial charge in [0.15, 0.2) is 9.84 Å². The number of hydrogen-bond donors (Lipinski definition) is 0. The Labute approximate surface area is 173 Å². The maximum Gasteiger partial charge on any atom is 0.227 e. The van der Waals surface area contributed by atoms with Crippen molar-refractivity contribution >= 4 is 26.6 Å². The molecule has 2 heterocycles. The second-order valence-electron chi connectivity index (χ2n) is 8.30. The summed E-state index contributed by atoms with van der Waals surface area (Å²) >= 11 is 0. The summed E-state index contributed by atoms with van der Waals surface area (Å²) in [4.78, 5) is 21.9. The maximum atomic E-state index is 13.3. The summed E-state index contributed by atoms with van der Waals surface area (Å²) in [6, 6.07) is 7.74. The largest absolute Gasteiger partial charge is 0.338 e. The van der Waals surface area contributed by atoms with Crippen molar-refractivity contribution in [2.24, 2.45) is 0 Å². The highest BCUT2D eigenvalue weighted by molar-refractivity contribution is 7.91. The van der Waals surface area contributed by atoms with Gasteiger partial charge in [-0.25, -0.2) is 8.42 Å². The van der Waals surface area contributed by atoms with Gasteiger partial charge >= 0.3 is 0 Å². The Kier molecular flexibility index (Phi) is 6.58. The molecule has 1 aliphatic rings. The molecule has 0 bridgehead atoms. The van der Waals surface area contributed by atoms with Crippen LogP contribution in [0.1, 0.15) is 29.7 Å². The first-order chi connectivity index (χ1) is 13.7. The van der Waals surface area contributed by atoms with E-state index in [4.69, 9.17) is 0 Å². The second-order valence-corrected chi connectivity index (χ2v) is 10.5. The Balaban J connectivity index is 1.85. The average molecular weight is 418 g/mol. The van der Waals surface area contributed by atoms with Crippen molar-refractivity contribution in [3.05, 3.63) is 41.1 Å². The molecule has 0 aliphatic carbocycles. The number of pyridine rings is 1. The molecule has 1 aliphatic heterocycles. The number of hydrogen-bond acceptors (Lipinski definition) is 5. The van der Waals surface area contributed by atoms with Crippen molar-refractivity contribution in [3.63, 3.8) is 0 Å². The Morgan fingerprint density at radius 2 is 1.90 bits per heavy atom. The third kappa shape index (κ3) is 5.14. The highest BCUT2D eigenvalue weighted by atomic mass is 32.2. The minimum atomic E-state index is -3.05. The zero-order valence-electron chi connectivity index (χ0n) is 17.8. The molecule has 1 fully saturated rings. The Morgan fingerprint density at radius 3 is 2.55 bits per heavy atom. The predicted molar refractivity (Wildman–Crippen MR) is 117 cm³/mol. The van der Waals surface area contributed by atoms with Crippen LogP contribution in [0.15, 0.2) is 24.3 Å². The molecule has 3 rings (SSSR count). The molecule has 1 atom stereocenters. The van der Waals surface area contributed by atoms with Crippen LogP contribution >= 0.6 is 0 Å². The lowest BCUT2D eigenvalue weighted by molar-refractivity contribution is -0.132. The summed E-state index contributed by atoms with van der Waals surface area (Å²) in [6.45, 7) is 5.42. The molecule has 7 heteroatoms. The van der Waals surface area contributed by atoms with E-state index in [1.807, 2.05) is 57.1 Å². The highest BCUT2D eigenvalue weighted by Crippen LogP contribution is 2.25. The Hall–Kier alpha value is -1.99. The topological polar surface area (TPSA) is 70.6 Å². The first kappa shape index (κ1) is 21.7.